The minimum atomic E-state index is -0.741. The highest BCUT2D eigenvalue weighted by atomic mass is 35.5. The van der Waals surface area contributed by atoms with E-state index in [9.17, 15) is 9.18 Å². The van der Waals surface area contributed by atoms with Crippen molar-refractivity contribution in [2.45, 2.75) is 26.0 Å². The predicted molar refractivity (Wildman–Crippen MR) is 108 cm³/mol. The van der Waals surface area contributed by atoms with Crippen molar-refractivity contribution in [3.63, 3.8) is 0 Å². The van der Waals surface area contributed by atoms with Gasteiger partial charge in [0.05, 0.1) is 6.54 Å². The van der Waals surface area contributed by atoms with Crippen molar-refractivity contribution < 1.29 is 13.9 Å². The molecule has 4 nitrogen and oxygen atoms in total. The van der Waals surface area contributed by atoms with Gasteiger partial charge in [-0.3, -0.25) is 9.69 Å². The molecule has 0 fully saturated rings. The van der Waals surface area contributed by atoms with Gasteiger partial charge in [0.2, 0.25) is 0 Å². The van der Waals surface area contributed by atoms with E-state index in [2.05, 4.69) is 4.98 Å². The molecule has 0 radical (unpaired) electrons. The Bertz CT molecular complexity index is 919. The summed E-state index contributed by atoms with van der Waals surface area (Å²) in [7, 11) is 0. The first-order chi connectivity index (χ1) is 13.6. The van der Waals surface area contributed by atoms with Crippen LogP contribution >= 0.6 is 11.6 Å². The smallest absolute Gasteiger partial charge is 0.269 e. The predicted octanol–water partition coefficient (Wildman–Crippen LogP) is 5.26. The second-order valence-electron chi connectivity index (χ2n) is 6.17. The summed E-state index contributed by atoms with van der Waals surface area (Å²) in [6.07, 6.45) is 1.33. The molecule has 0 aliphatic carbocycles. The molecule has 0 saturated heterocycles. The van der Waals surface area contributed by atoms with Gasteiger partial charge in [-0.2, -0.15) is 0 Å². The molecule has 0 bridgehead atoms. The molecular formula is C22H20ClFN2O2. The first kappa shape index (κ1) is 19.8. The maximum absolute atomic E-state index is 13.3. The van der Waals surface area contributed by atoms with Crippen molar-refractivity contribution in [3.8, 4) is 5.75 Å². The Kier molecular flexibility index (Phi) is 6.61. The van der Waals surface area contributed by atoms with Crippen LogP contribution in [-0.4, -0.2) is 17.0 Å². The number of rotatable bonds is 7. The van der Waals surface area contributed by atoms with Crippen molar-refractivity contribution in [1.82, 2.24) is 4.98 Å². The Balaban J connectivity index is 1.88. The molecule has 0 saturated carbocycles. The lowest BCUT2D eigenvalue weighted by Crippen LogP contribution is -2.42. The third-order valence-electron chi connectivity index (χ3n) is 4.22. The molecule has 0 spiro atoms. The van der Waals surface area contributed by atoms with E-state index in [-0.39, 0.29) is 18.3 Å². The second kappa shape index (κ2) is 9.33. The molecular weight excluding hydrogens is 379 g/mol. The highest BCUT2D eigenvalue weighted by Crippen LogP contribution is 2.23. The number of carbonyl (C=O) groups is 1. The van der Waals surface area contributed by atoms with E-state index in [4.69, 9.17) is 16.3 Å². The maximum Gasteiger partial charge on any atom is 0.269 e. The molecule has 1 aromatic heterocycles. The van der Waals surface area contributed by atoms with E-state index in [0.29, 0.717) is 23.0 Å². The van der Waals surface area contributed by atoms with Crippen molar-refractivity contribution in [2.24, 2.45) is 0 Å². The third kappa shape index (κ3) is 4.87. The van der Waals surface area contributed by atoms with Crippen LogP contribution in [0.2, 0.25) is 5.02 Å². The van der Waals surface area contributed by atoms with E-state index in [0.717, 1.165) is 5.56 Å². The molecule has 2 aromatic carbocycles. The highest BCUT2D eigenvalue weighted by molar-refractivity contribution is 6.31. The van der Waals surface area contributed by atoms with Gasteiger partial charge in [-0.25, -0.2) is 9.37 Å². The largest absolute Gasteiger partial charge is 0.481 e. The number of aromatic nitrogens is 1. The Hall–Kier alpha value is -2.92. The van der Waals surface area contributed by atoms with Crippen LogP contribution in [0, 0.1) is 5.82 Å². The minimum absolute atomic E-state index is 0.245. The normalized spacial score (nSPS) is 11.7. The SMILES string of the molecule is CCC(Oc1ccc(F)cc1)C(=O)N(Cc1ccccc1Cl)c1ccccn1. The van der Waals surface area contributed by atoms with Crippen LogP contribution in [0.3, 0.4) is 0 Å². The molecule has 1 atom stereocenters. The molecule has 28 heavy (non-hydrogen) atoms. The zero-order chi connectivity index (χ0) is 19.9. The Morgan fingerprint density at radius 2 is 1.82 bits per heavy atom. The Morgan fingerprint density at radius 1 is 1.11 bits per heavy atom. The highest BCUT2D eigenvalue weighted by Gasteiger charge is 2.27. The van der Waals surface area contributed by atoms with E-state index >= 15 is 0 Å². The number of halogens is 2. The van der Waals surface area contributed by atoms with Crippen LogP contribution in [0.5, 0.6) is 5.75 Å². The van der Waals surface area contributed by atoms with Gasteiger partial charge in [-0.05, 0) is 54.4 Å². The van der Waals surface area contributed by atoms with Crippen LogP contribution in [0.15, 0.2) is 72.9 Å². The molecule has 0 aliphatic rings. The van der Waals surface area contributed by atoms with Crippen LogP contribution in [0.25, 0.3) is 0 Å². The summed E-state index contributed by atoms with van der Waals surface area (Å²) in [5, 5.41) is 0.573. The molecule has 1 unspecified atom stereocenters. The molecule has 1 amide bonds. The number of hydrogen-bond acceptors (Lipinski definition) is 3. The summed E-state index contributed by atoms with van der Waals surface area (Å²) >= 11 is 6.29. The topological polar surface area (TPSA) is 42.4 Å². The van der Waals surface area contributed by atoms with Crippen molar-refractivity contribution in [1.29, 1.82) is 0 Å². The minimum Gasteiger partial charge on any atom is -0.481 e. The number of anilines is 1. The average molecular weight is 399 g/mol. The van der Waals surface area contributed by atoms with E-state index in [1.54, 1.807) is 29.3 Å². The molecule has 6 heteroatoms. The number of amides is 1. The standard InChI is InChI=1S/C22H20ClFN2O2/c1-2-20(28-18-12-10-17(24)11-13-18)22(27)26(21-9-5-6-14-25-21)15-16-7-3-4-8-19(16)23/h3-14,20H,2,15H2,1H3. The zero-order valence-electron chi connectivity index (χ0n) is 15.4. The van der Waals surface area contributed by atoms with Gasteiger partial charge in [0.15, 0.2) is 6.10 Å². The Labute approximate surface area is 168 Å². The van der Waals surface area contributed by atoms with Gasteiger partial charge in [-0.1, -0.05) is 42.8 Å². The maximum atomic E-state index is 13.3. The van der Waals surface area contributed by atoms with Crippen LogP contribution in [-0.2, 0) is 11.3 Å². The van der Waals surface area contributed by atoms with Crippen molar-refractivity contribution in [3.05, 3.63) is 89.3 Å². The van der Waals surface area contributed by atoms with Gasteiger partial charge in [-0.15, -0.1) is 0 Å². The molecule has 0 N–H and O–H groups in total. The molecule has 144 valence electrons. The van der Waals surface area contributed by atoms with Crippen molar-refractivity contribution in [2.75, 3.05) is 4.90 Å². The quantitative estimate of drug-likeness (QED) is 0.544. The third-order valence-corrected chi connectivity index (χ3v) is 4.59. The molecule has 3 rings (SSSR count). The van der Waals surface area contributed by atoms with Crippen molar-refractivity contribution >= 4 is 23.3 Å². The molecule has 0 aliphatic heterocycles. The second-order valence-corrected chi connectivity index (χ2v) is 6.58. The van der Waals surface area contributed by atoms with E-state index in [1.807, 2.05) is 31.2 Å². The van der Waals surface area contributed by atoms with Gasteiger partial charge < -0.3 is 4.74 Å². The monoisotopic (exact) mass is 398 g/mol. The number of carbonyl (C=O) groups excluding carboxylic acids is 1. The molecule has 1 heterocycles. The average Bonchev–Trinajstić information content (AvgIpc) is 2.73. The fourth-order valence-corrected chi connectivity index (χ4v) is 2.94. The van der Waals surface area contributed by atoms with E-state index < -0.39 is 6.10 Å². The van der Waals surface area contributed by atoms with Crippen LogP contribution < -0.4 is 9.64 Å². The van der Waals surface area contributed by atoms with Gasteiger partial charge in [0, 0.05) is 11.2 Å². The number of ether oxygens (including phenoxy) is 1. The van der Waals surface area contributed by atoms with Gasteiger partial charge in [0.25, 0.3) is 5.91 Å². The van der Waals surface area contributed by atoms with Crippen LogP contribution in [0.1, 0.15) is 18.9 Å². The fraction of sp³-hybridized carbons (Fsp3) is 0.182. The molecule has 3 aromatic rings. The summed E-state index contributed by atoms with van der Waals surface area (Å²) in [6, 6.07) is 18.3. The number of benzene rings is 2. The first-order valence-corrected chi connectivity index (χ1v) is 9.34. The number of pyridine rings is 1. The van der Waals surface area contributed by atoms with Gasteiger partial charge >= 0.3 is 0 Å². The number of hydrogen-bond donors (Lipinski definition) is 0. The summed E-state index contributed by atoms with van der Waals surface area (Å²) < 4.78 is 19.0. The lowest BCUT2D eigenvalue weighted by molar-refractivity contribution is -0.125. The van der Waals surface area contributed by atoms with Crippen LogP contribution in [0.4, 0.5) is 10.2 Å². The number of nitrogens with zero attached hydrogens (tertiary/aromatic N) is 2. The summed E-state index contributed by atoms with van der Waals surface area (Å²) in [6.45, 7) is 2.12. The zero-order valence-corrected chi connectivity index (χ0v) is 16.1. The Morgan fingerprint density at radius 3 is 2.46 bits per heavy atom. The summed E-state index contributed by atoms with van der Waals surface area (Å²) in [5.74, 6) is 0.333. The lowest BCUT2D eigenvalue weighted by atomic mass is 10.1. The first-order valence-electron chi connectivity index (χ1n) is 8.96. The van der Waals surface area contributed by atoms with Gasteiger partial charge in [0.1, 0.15) is 17.4 Å². The summed E-state index contributed by atoms with van der Waals surface area (Å²) in [5.41, 5.74) is 0.805. The fourth-order valence-electron chi connectivity index (χ4n) is 2.74. The summed E-state index contributed by atoms with van der Waals surface area (Å²) in [4.78, 5) is 19.2. The lowest BCUT2D eigenvalue weighted by Gasteiger charge is -2.27. The van der Waals surface area contributed by atoms with E-state index in [1.165, 1.54) is 24.3 Å².